The number of carbonyl (C=O) groups excluding carboxylic acids is 1. The standard InChI is InChI=1S/C13H17BrClNO3/c1-7(2)12(14)13(17)16-9-6-11(19-4)10(18-3)5-8(9)15/h5-7,12H,1-4H3,(H,16,17). The molecule has 0 aromatic heterocycles. The van der Waals surface area contributed by atoms with Crippen LogP contribution in [0.2, 0.25) is 5.02 Å². The molecule has 0 aliphatic heterocycles. The van der Waals surface area contributed by atoms with Gasteiger partial charge in [-0.2, -0.15) is 0 Å². The number of benzene rings is 1. The maximum atomic E-state index is 12.0. The van der Waals surface area contributed by atoms with Gasteiger partial charge in [0.1, 0.15) is 0 Å². The maximum Gasteiger partial charge on any atom is 0.238 e. The van der Waals surface area contributed by atoms with Crippen LogP contribution in [0.5, 0.6) is 11.5 Å². The molecular formula is C13H17BrClNO3. The molecule has 1 aromatic carbocycles. The largest absolute Gasteiger partial charge is 0.493 e. The van der Waals surface area contributed by atoms with Gasteiger partial charge in [0, 0.05) is 12.1 Å². The van der Waals surface area contributed by atoms with Crippen molar-refractivity contribution in [3.05, 3.63) is 17.2 Å². The number of alkyl halides is 1. The fraction of sp³-hybridized carbons (Fsp3) is 0.462. The number of nitrogens with one attached hydrogen (secondary N) is 1. The molecule has 1 unspecified atom stereocenters. The van der Waals surface area contributed by atoms with Crippen LogP contribution in [-0.4, -0.2) is 25.0 Å². The summed E-state index contributed by atoms with van der Waals surface area (Å²) in [7, 11) is 3.05. The average molecular weight is 351 g/mol. The minimum atomic E-state index is -0.281. The second kappa shape index (κ2) is 7.01. The Labute approximate surface area is 126 Å². The lowest BCUT2D eigenvalue weighted by atomic mass is 10.1. The third-order valence-corrected chi connectivity index (χ3v) is 4.35. The highest BCUT2D eigenvalue weighted by Crippen LogP contribution is 2.36. The second-order valence-corrected chi connectivity index (χ2v) is 5.72. The Morgan fingerprint density at radius 3 is 2.26 bits per heavy atom. The summed E-state index contributed by atoms with van der Waals surface area (Å²) in [6.45, 7) is 3.91. The molecule has 6 heteroatoms. The Balaban J connectivity index is 2.99. The van der Waals surface area contributed by atoms with Gasteiger partial charge in [0.15, 0.2) is 11.5 Å². The van der Waals surface area contributed by atoms with Crippen molar-refractivity contribution in [1.82, 2.24) is 0 Å². The first-order valence-electron chi connectivity index (χ1n) is 5.77. The van der Waals surface area contributed by atoms with Gasteiger partial charge >= 0.3 is 0 Å². The maximum absolute atomic E-state index is 12.0. The Hall–Kier alpha value is -0.940. The number of ether oxygens (including phenoxy) is 2. The Kier molecular flexibility index (Phi) is 5.94. The van der Waals surface area contributed by atoms with E-state index in [1.807, 2.05) is 13.8 Å². The van der Waals surface area contributed by atoms with Crippen LogP contribution in [0.3, 0.4) is 0 Å². The molecule has 0 radical (unpaired) electrons. The van der Waals surface area contributed by atoms with Crippen molar-refractivity contribution >= 4 is 39.1 Å². The summed E-state index contributed by atoms with van der Waals surface area (Å²) in [6, 6.07) is 3.24. The first-order valence-corrected chi connectivity index (χ1v) is 7.06. The molecular weight excluding hydrogens is 334 g/mol. The molecule has 4 nitrogen and oxygen atoms in total. The first-order chi connectivity index (χ1) is 8.90. The van der Waals surface area contributed by atoms with Gasteiger partial charge in [-0.1, -0.05) is 41.4 Å². The van der Waals surface area contributed by atoms with Crippen LogP contribution in [0.25, 0.3) is 0 Å². The van der Waals surface area contributed by atoms with Crippen LogP contribution >= 0.6 is 27.5 Å². The van der Waals surface area contributed by atoms with Crippen LogP contribution < -0.4 is 14.8 Å². The van der Waals surface area contributed by atoms with Crippen LogP contribution in [0, 0.1) is 5.92 Å². The summed E-state index contributed by atoms with van der Waals surface area (Å²) >= 11 is 9.44. The van der Waals surface area contributed by atoms with Gasteiger partial charge in [-0.15, -0.1) is 0 Å². The summed E-state index contributed by atoms with van der Waals surface area (Å²) in [5.74, 6) is 1.06. The number of anilines is 1. The van der Waals surface area contributed by atoms with Gasteiger partial charge in [-0.3, -0.25) is 4.79 Å². The fourth-order valence-corrected chi connectivity index (χ4v) is 1.77. The Morgan fingerprint density at radius 2 is 1.79 bits per heavy atom. The van der Waals surface area contributed by atoms with E-state index in [-0.39, 0.29) is 16.7 Å². The highest BCUT2D eigenvalue weighted by atomic mass is 79.9. The SMILES string of the molecule is COc1cc(Cl)c(NC(=O)C(Br)C(C)C)cc1OC. The van der Waals surface area contributed by atoms with E-state index in [1.54, 1.807) is 12.1 Å². The molecule has 1 rings (SSSR count). The van der Waals surface area contributed by atoms with E-state index < -0.39 is 0 Å². The predicted molar refractivity (Wildman–Crippen MR) is 80.7 cm³/mol. The quantitative estimate of drug-likeness (QED) is 0.823. The first kappa shape index (κ1) is 16.1. The van der Waals surface area contributed by atoms with E-state index in [2.05, 4.69) is 21.2 Å². The van der Waals surface area contributed by atoms with Crippen LogP contribution in [0.15, 0.2) is 12.1 Å². The second-order valence-electron chi connectivity index (χ2n) is 4.32. The summed E-state index contributed by atoms with van der Waals surface area (Å²) in [4.78, 5) is 11.7. The lowest BCUT2D eigenvalue weighted by Crippen LogP contribution is -2.27. The Bertz CT molecular complexity index is 465. The monoisotopic (exact) mass is 349 g/mol. The zero-order valence-corrected chi connectivity index (χ0v) is 13.6. The van der Waals surface area contributed by atoms with Gasteiger partial charge in [-0.25, -0.2) is 0 Å². The van der Waals surface area contributed by atoms with Gasteiger partial charge in [0.2, 0.25) is 5.91 Å². The normalized spacial score (nSPS) is 12.2. The van der Waals surface area contributed by atoms with E-state index in [9.17, 15) is 4.79 Å². The van der Waals surface area contributed by atoms with Crippen molar-refractivity contribution in [2.24, 2.45) is 5.92 Å². The molecule has 0 saturated carbocycles. The molecule has 0 heterocycles. The molecule has 0 saturated heterocycles. The minimum Gasteiger partial charge on any atom is -0.493 e. The minimum absolute atomic E-state index is 0.149. The molecule has 0 aliphatic rings. The van der Waals surface area contributed by atoms with Crippen molar-refractivity contribution in [1.29, 1.82) is 0 Å². The molecule has 1 N–H and O–H groups in total. The number of amides is 1. The van der Waals surface area contributed by atoms with Gasteiger partial charge < -0.3 is 14.8 Å². The van der Waals surface area contributed by atoms with Gasteiger partial charge in [-0.05, 0) is 5.92 Å². The van der Waals surface area contributed by atoms with E-state index in [0.29, 0.717) is 22.2 Å². The molecule has 19 heavy (non-hydrogen) atoms. The third-order valence-electron chi connectivity index (χ3n) is 2.57. The summed E-state index contributed by atoms with van der Waals surface area (Å²) < 4.78 is 10.3. The van der Waals surface area contributed by atoms with E-state index in [0.717, 1.165) is 0 Å². The number of carbonyl (C=O) groups is 1. The molecule has 1 aromatic rings. The Morgan fingerprint density at radius 1 is 1.26 bits per heavy atom. The molecule has 106 valence electrons. The van der Waals surface area contributed by atoms with Crippen LogP contribution in [-0.2, 0) is 4.79 Å². The molecule has 0 bridgehead atoms. The van der Waals surface area contributed by atoms with Crippen molar-refractivity contribution in [2.45, 2.75) is 18.7 Å². The van der Waals surface area contributed by atoms with E-state index >= 15 is 0 Å². The van der Waals surface area contributed by atoms with Crippen molar-refractivity contribution in [3.8, 4) is 11.5 Å². The molecule has 1 amide bonds. The average Bonchev–Trinajstić information content (AvgIpc) is 2.39. The number of hydrogen-bond acceptors (Lipinski definition) is 3. The van der Waals surface area contributed by atoms with Gasteiger partial charge in [0.25, 0.3) is 0 Å². The molecule has 0 aliphatic carbocycles. The zero-order valence-electron chi connectivity index (χ0n) is 11.3. The van der Waals surface area contributed by atoms with Gasteiger partial charge in [0.05, 0.1) is 29.8 Å². The predicted octanol–water partition coefficient (Wildman–Crippen LogP) is 3.72. The molecule has 0 spiro atoms. The van der Waals surface area contributed by atoms with Crippen molar-refractivity contribution in [2.75, 3.05) is 19.5 Å². The summed E-state index contributed by atoms with van der Waals surface area (Å²) in [6.07, 6.45) is 0. The highest BCUT2D eigenvalue weighted by Gasteiger charge is 2.20. The zero-order chi connectivity index (χ0) is 14.6. The number of methoxy groups -OCH3 is 2. The smallest absolute Gasteiger partial charge is 0.238 e. The highest BCUT2D eigenvalue weighted by molar-refractivity contribution is 9.10. The van der Waals surface area contributed by atoms with Crippen LogP contribution in [0.4, 0.5) is 5.69 Å². The van der Waals surface area contributed by atoms with E-state index in [1.165, 1.54) is 14.2 Å². The number of halogens is 2. The van der Waals surface area contributed by atoms with Crippen molar-refractivity contribution in [3.63, 3.8) is 0 Å². The third kappa shape index (κ3) is 4.01. The van der Waals surface area contributed by atoms with Crippen molar-refractivity contribution < 1.29 is 14.3 Å². The molecule has 1 atom stereocenters. The molecule has 0 fully saturated rings. The lowest BCUT2D eigenvalue weighted by molar-refractivity contribution is -0.116. The lowest BCUT2D eigenvalue weighted by Gasteiger charge is -2.16. The summed E-state index contributed by atoms with van der Waals surface area (Å²) in [5.41, 5.74) is 0.495. The van der Waals surface area contributed by atoms with Crippen LogP contribution in [0.1, 0.15) is 13.8 Å². The van der Waals surface area contributed by atoms with E-state index in [4.69, 9.17) is 21.1 Å². The topological polar surface area (TPSA) is 47.6 Å². The number of rotatable bonds is 5. The number of hydrogen-bond donors (Lipinski definition) is 1. The fourth-order valence-electron chi connectivity index (χ4n) is 1.45. The summed E-state index contributed by atoms with van der Waals surface area (Å²) in [5, 5.41) is 3.16.